The molecule has 2 heterocycles. The first-order chi connectivity index (χ1) is 11.3. The Morgan fingerprint density at radius 1 is 1.26 bits per heavy atom. The van der Waals surface area contributed by atoms with Crippen molar-refractivity contribution in [1.29, 1.82) is 0 Å². The number of benzene rings is 1. The molecule has 116 valence electrons. The number of nitrogens with one attached hydrogen (secondary N) is 2. The molecule has 0 radical (unpaired) electrons. The van der Waals surface area contributed by atoms with Crippen LogP contribution in [0.3, 0.4) is 0 Å². The van der Waals surface area contributed by atoms with Crippen LogP contribution >= 0.6 is 0 Å². The van der Waals surface area contributed by atoms with Gasteiger partial charge in [-0.05, 0) is 17.2 Å². The third-order valence-electron chi connectivity index (χ3n) is 3.20. The predicted molar refractivity (Wildman–Crippen MR) is 87.6 cm³/mol. The topological polar surface area (TPSA) is 79.9 Å². The number of alkyl carbamates (subject to hydrolysis) is 1. The number of carbonyl (C=O) groups is 1. The van der Waals surface area contributed by atoms with Crippen molar-refractivity contribution in [2.24, 2.45) is 0 Å². The minimum atomic E-state index is -0.443. The number of fused-ring (bicyclic) bond motifs is 1. The van der Waals surface area contributed by atoms with Gasteiger partial charge in [-0.3, -0.25) is 5.10 Å². The van der Waals surface area contributed by atoms with Crippen LogP contribution in [0, 0.1) is 0 Å². The number of pyridine rings is 1. The van der Waals surface area contributed by atoms with Crippen LogP contribution < -0.4 is 5.32 Å². The fraction of sp³-hybridized carbons (Fsp3) is 0.118. The van der Waals surface area contributed by atoms with Crippen molar-refractivity contribution in [2.75, 3.05) is 6.54 Å². The number of amides is 1. The predicted octanol–water partition coefficient (Wildman–Crippen LogP) is 2.90. The van der Waals surface area contributed by atoms with Crippen LogP contribution in [0.15, 0.2) is 54.9 Å². The standard InChI is InChI=1S/C17H16N4O2/c22-17(23-12-13-5-2-1-3-6-13)18-8-4-7-14-9-15-11-20-21-16(15)19-10-14/h1-7,9-11H,8,12H2,(H,18,22)(H,19,20,21). The molecule has 23 heavy (non-hydrogen) atoms. The molecule has 2 N–H and O–H groups in total. The monoisotopic (exact) mass is 308 g/mol. The molecule has 3 aromatic rings. The maximum atomic E-state index is 11.6. The van der Waals surface area contributed by atoms with Gasteiger partial charge >= 0.3 is 6.09 Å². The molecular formula is C17H16N4O2. The van der Waals surface area contributed by atoms with Crippen molar-refractivity contribution in [3.05, 3.63) is 66.0 Å². The van der Waals surface area contributed by atoms with Gasteiger partial charge in [0.2, 0.25) is 0 Å². The molecular weight excluding hydrogens is 292 g/mol. The molecule has 6 nitrogen and oxygen atoms in total. The highest BCUT2D eigenvalue weighted by Gasteiger charge is 2.00. The highest BCUT2D eigenvalue weighted by Crippen LogP contribution is 2.10. The maximum absolute atomic E-state index is 11.6. The molecule has 3 rings (SSSR count). The maximum Gasteiger partial charge on any atom is 0.407 e. The van der Waals surface area contributed by atoms with Crippen LogP contribution in [0.1, 0.15) is 11.1 Å². The quantitative estimate of drug-likeness (QED) is 0.759. The van der Waals surface area contributed by atoms with Gasteiger partial charge in [0.25, 0.3) is 0 Å². The Morgan fingerprint density at radius 3 is 3.00 bits per heavy atom. The minimum Gasteiger partial charge on any atom is -0.445 e. The Kier molecular flexibility index (Phi) is 4.63. The van der Waals surface area contributed by atoms with Crippen LogP contribution in [0.2, 0.25) is 0 Å². The summed E-state index contributed by atoms with van der Waals surface area (Å²) >= 11 is 0. The van der Waals surface area contributed by atoms with E-state index in [1.54, 1.807) is 12.4 Å². The summed E-state index contributed by atoms with van der Waals surface area (Å²) in [6, 6.07) is 11.5. The van der Waals surface area contributed by atoms with Crippen molar-refractivity contribution in [3.8, 4) is 0 Å². The number of nitrogens with zero attached hydrogens (tertiary/aromatic N) is 2. The van der Waals surface area contributed by atoms with E-state index >= 15 is 0 Å². The number of hydrogen-bond donors (Lipinski definition) is 2. The average molecular weight is 308 g/mol. The van der Waals surface area contributed by atoms with E-state index in [0.29, 0.717) is 6.54 Å². The summed E-state index contributed by atoms with van der Waals surface area (Å²) in [7, 11) is 0. The number of ether oxygens (including phenoxy) is 1. The first-order valence-corrected chi connectivity index (χ1v) is 7.21. The van der Waals surface area contributed by atoms with Crippen LogP contribution in [0.4, 0.5) is 4.79 Å². The molecule has 0 saturated carbocycles. The molecule has 0 fully saturated rings. The van der Waals surface area contributed by atoms with Crippen molar-refractivity contribution < 1.29 is 9.53 Å². The Labute approximate surface area is 133 Å². The molecule has 0 aliphatic carbocycles. The summed E-state index contributed by atoms with van der Waals surface area (Å²) in [5.41, 5.74) is 2.65. The first kappa shape index (κ1) is 14.8. The van der Waals surface area contributed by atoms with Crippen molar-refractivity contribution >= 4 is 23.2 Å². The number of rotatable bonds is 5. The molecule has 0 aliphatic heterocycles. The van der Waals surface area contributed by atoms with Crippen LogP contribution in [0.25, 0.3) is 17.1 Å². The van der Waals surface area contributed by atoms with Gasteiger partial charge in [0.05, 0.1) is 6.20 Å². The van der Waals surface area contributed by atoms with Crippen molar-refractivity contribution in [2.45, 2.75) is 6.61 Å². The van der Waals surface area contributed by atoms with Gasteiger partial charge in [-0.15, -0.1) is 0 Å². The Balaban J connectivity index is 1.44. The van der Waals surface area contributed by atoms with Crippen molar-refractivity contribution in [1.82, 2.24) is 20.5 Å². The van der Waals surface area contributed by atoms with E-state index in [-0.39, 0.29) is 6.61 Å². The fourth-order valence-corrected chi connectivity index (χ4v) is 2.06. The number of hydrogen-bond acceptors (Lipinski definition) is 4. The Morgan fingerprint density at radius 2 is 2.13 bits per heavy atom. The molecule has 0 aliphatic rings. The third kappa shape index (κ3) is 4.16. The number of aromatic nitrogens is 3. The van der Waals surface area contributed by atoms with E-state index in [9.17, 15) is 4.79 Å². The van der Waals surface area contributed by atoms with E-state index in [4.69, 9.17) is 4.74 Å². The molecule has 6 heteroatoms. The van der Waals surface area contributed by atoms with Gasteiger partial charge in [-0.1, -0.05) is 42.5 Å². The highest BCUT2D eigenvalue weighted by molar-refractivity contribution is 5.76. The summed E-state index contributed by atoms with van der Waals surface area (Å²) in [6.07, 6.45) is 6.75. The number of carbonyl (C=O) groups excluding carboxylic acids is 1. The largest absolute Gasteiger partial charge is 0.445 e. The first-order valence-electron chi connectivity index (χ1n) is 7.21. The zero-order valence-electron chi connectivity index (χ0n) is 12.4. The summed E-state index contributed by atoms with van der Waals surface area (Å²) in [4.78, 5) is 15.8. The summed E-state index contributed by atoms with van der Waals surface area (Å²) in [5, 5.41) is 10.3. The molecule has 2 aromatic heterocycles. The van der Waals surface area contributed by atoms with Crippen LogP contribution in [0.5, 0.6) is 0 Å². The highest BCUT2D eigenvalue weighted by atomic mass is 16.5. The second-order valence-corrected chi connectivity index (χ2v) is 4.92. The molecule has 0 saturated heterocycles. The zero-order chi connectivity index (χ0) is 15.9. The second-order valence-electron chi connectivity index (χ2n) is 4.92. The van der Waals surface area contributed by atoms with Crippen LogP contribution in [-0.2, 0) is 11.3 Å². The lowest BCUT2D eigenvalue weighted by Crippen LogP contribution is -2.24. The molecule has 0 atom stereocenters. The van der Waals surface area contributed by atoms with E-state index in [0.717, 1.165) is 22.2 Å². The molecule has 0 bridgehead atoms. The Bertz CT molecular complexity index is 812. The second kappa shape index (κ2) is 7.22. The lowest BCUT2D eigenvalue weighted by atomic mass is 10.2. The van der Waals surface area contributed by atoms with Gasteiger partial charge in [0.15, 0.2) is 5.65 Å². The van der Waals surface area contributed by atoms with Gasteiger partial charge in [-0.2, -0.15) is 5.10 Å². The van der Waals surface area contributed by atoms with Crippen LogP contribution in [-0.4, -0.2) is 27.8 Å². The zero-order valence-corrected chi connectivity index (χ0v) is 12.4. The van der Waals surface area contributed by atoms with E-state index in [1.165, 1.54) is 0 Å². The van der Waals surface area contributed by atoms with Gasteiger partial charge in [-0.25, -0.2) is 9.78 Å². The minimum absolute atomic E-state index is 0.261. The Hall–Kier alpha value is -3.15. The molecule has 1 aromatic carbocycles. The fourth-order valence-electron chi connectivity index (χ4n) is 2.06. The normalized spacial score (nSPS) is 11.0. The summed E-state index contributed by atoms with van der Waals surface area (Å²) in [6.45, 7) is 0.647. The van der Waals surface area contributed by atoms with E-state index < -0.39 is 6.09 Å². The average Bonchev–Trinajstić information content (AvgIpc) is 3.05. The lowest BCUT2D eigenvalue weighted by molar-refractivity contribution is 0.141. The number of H-pyrrole nitrogens is 1. The molecule has 0 spiro atoms. The van der Waals surface area contributed by atoms with E-state index in [1.807, 2.05) is 48.6 Å². The van der Waals surface area contributed by atoms with Gasteiger partial charge in [0, 0.05) is 18.1 Å². The van der Waals surface area contributed by atoms with Gasteiger partial charge < -0.3 is 10.1 Å². The number of aromatic amines is 1. The van der Waals surface area contributed by atoms with E-state index in [2.05, 4.69) is 20.5 Å². The molecule has 0 unspecified atom stereocenters. The lowest BCUT2D eigenvalue weighted by Gasteiger charge is -2.05. The smallest absolute Gasteiger partial charge is 0.407 e. The summed E-state index contributed by atoms with van der Waals surface area (Å²) in [5.74, 6) is 0. The van der Waals surface area contributed by atoms with Gasteiger partial charge in [0.1, 0.15) is 6.61 Å². The third-order valence-corrected chi connectivity index (χ3v) is 3.20. The molecule has 1 amide bonds. The van der Waals surface area contributed by atoms with Crippen molar-refractivity contribution in [3.63, 3.8) is 0 Å². The summed E-state index contributed by atoms with van der Waals surface area (Å²) < 4.78 is 5.12. The SMILES string of the molecule is O=C(NCC=Cc1cnc2[nH]ncc2c1)OCc1ccccc1.